The summed E-state index contributed by atoms with van der Waals surface area (Å²) in [4.78, 5) is 28.9. The van der Waals surface area contributed by atoms with Crippen molar-refractivity contribution in [2.75, 3.05) is 5.32 Å². The van der Waals surface area contributed by atoms with Crippen LogP contribution in [-0.4, -0.2) is 27.2 Å². The van der Waals surface area contributed by atoms with Gasteiger partial charge in [-0.1, -0.05) is 12.1 Å². The van der Waals surface area contributed by atoms with Gasteiger partial charge in [0.25, 0.3) is 0 Å². The van der Waals surface area contributed by atoms with Gasteiger partial charge in [-0.05, 0) is 18.6 Å². The summed E-state index contributed by atoms with van der Waals surface area (Å²) in [6.45, 7) is 0. The van der Waals surface area contributed by atoms with Crippen molar-refractivity contribution in [1.82, 2.24) is 14.7 Å². The first kappa shape index (κ1) is 14.0. The lowest BCUT2D eigenvalue weighted by Crippen LogP contribution is -2.37. The summed E-state index contributed by atoms with van der Waals surface area (Å²) in [5.74, 6) is -0.254. The first-order valence-corrected chi connectivity index (χ1v) is 8.20. The van der Waals surface area contributed by atoms with Gasteiger partial charge in [0, 0.05) is 35.4 Å². The number of aromatic nitrogens is 2. The predicted molar refractivity (Wildman–Crippen MR) is 88.3 cm³/mol. The van der Waals surface area contributed by atoms with Gasteiger partial charge in [0.2, 0.25) is 11.8 Å². The molecule has 0 aliphatic carbocycles. The zero-order valence-electron chi connectivity index (χ0n) is 12.2. The molecule has 1 aromatic carbocycles. The van der Waals surface area contributed by atoms with Gasteiger partial charge in [-0.25, -0.2) is 4.98 Å². The number of benzene rings is 1. The number of fused-ring (bicyclic) bond motifs is 1. The Labute approximate surface area is 136 Å². The summed E-state index contributed by atoms with van der Waals surface area (Å²) in [7, 11) is 0. The molecule has 3 aromatic rings. The number of carbonyl (C=O) groups excluding carboxylic acids is 2. The molecule has 0 saturated carbocycles. The topological polar surface area (TPSA) is 75.5 Å². The summed E-state index contributed by atoms with van der Waals surface area (Å²) >= 11 is 1.58. The number of carbonyl (C=O) groups is 2. The summed E-state index contributed by atoms with van der Waals surface area (Å²) in [6, 6.07) is 7.12. The molecule has 23 heavy (non-hydrogen) atoms. The van der Waals surface area contributed by atoms with Crippen molar-refractivity contribution in [2.45, 2.75) is 18.9 Å². The van der Waals surface area contributed by atoms with Crippen LogP contribution in [0.3, 0.4) is 0 Å². The van der Waals surface area contributed by atoms with Gasteiger partial charge in [-0.15, -0.1) is 11.3 Å². The minimum absolute atomic E-state index is 0.0722. The molecule has 0 spiro atoms. The van der Waals surface area contributed by atoms with E-state index >= 15 is 0 Å². The van der Waals surface area contributed by atoms with Crippen molar-refractivity contribution in [3.05, 3.63) is 42.0 Å². The van der Waals surface area contributed by atoms with E-state index in [-0.39, 0.29) is 11.8 Å². The minimum atomic E-state index is -0.441. The first-order chi connectivity index (χ1) is 11.2. The number of thiazole rings is 1. The first-order valence-electron chi connectivity index (χ1n) is 7.32. The Morgan fingerprint density at radius 2 is 2.35 bits per heavy atom. The summed E-state index contributed by atoms with van der Waals surface area (Å²) in [5, 5.41) is 7.51. The minimum Gasteiger partial charge on any atom is -0.344 e. The summed E-state index contributed by atoms with van der Waals surface area (Å²) in [6.07, 6.45) is 4.88. The number of nitrogens with zero attached hydrogens (tertiary/aromatic N) is 2. The quantitative estimate of drug-likeness (QED) is 0.775. The fourth-order valence-corrected chi connectivity index (χ4v) is 3.36. The number of amides is 2. The van der Waals surface area contributed by atoms with E-state index in [0.29, 0.717) is 18.5 Å². The smallest absolute Gasteiger partial charge is 0.246 e. The molecule has 1 aliphatic heterocycles. The van der Waals surface area contributed by atoms with Gasteiger partial charge < -0.3 is 10.6 Å². The van der Waals surface area contributed by atoms with Crippen molar-refractivity contribution in [2.24, 2.45) is 0 Å². The third-order valence-corrected chi connectivity index (χ3v) is 4.60. The fourth-order valence-electron chi connectivity index (χ4n) is 2.66. The maximum absolute atomic E-state index is 12.2. The van der Waals surface area contributed by atoms with Gasteiger partial charge in [-0.3, -0.25) is 14.0 Å². The third kappa shape index (κ3) is 2.70. The molecule has 1 fully saturated rings. The predicted octanol–water partition coefficient (Wildman–Crippen LogP) is 2.28. The van der Waals surface area contributed by atoms with E-state index in [4.69, 9.17) is 0 Å². The van der Waals surface area contributed by atoms with Gasteiger partial charge >= 0.3 is 0 Å². The SMILES string of the molecule is O=C1CCC(C(=O)Nc2cccc(-c3cn4ccsc4n3)c2)N1. The van der Waals surface area contributed by atoms with E-state index < -0.39 is 6.04 Å². The highest BCUT2D eigenvalue weighted by molar-refractivity contribution is 7.15. The lowest BCUT2D eigenvalue weighted by atomic mass is 10.1. The van der Waals surface area contributed by atoms with Crippen molar-refractivity contribution in [1.29, 1.82) is 0 Å². The lowest BCUT2D eigenvalue weighted by molar-refractivity contribution is -0.122. The zero-order chi connectivity index (χ0) is 15.8. The standard InChI is InChI=1S/C16H14N4O2S/c21-14-5-4-12(18-14)15(22)17-11-3-1-2-10(8-11)13-9-20-6-7-23-16(20)19-13/h1-3,6-9,12H,4-5H2,(H,17,22)(H,18,21). The molecule has 2 amide bonds. The van der Waals surface area contributed by atoms with Crippen LogP contribution in [0.4, 0.5) is 5.69 Å². The van der Waals surface area contributed by atoms with Crippen LogP contribution in [0.2, 0.25) is 0 Å². The Morgan fingerprint density at radius 3 is 3.13 bits per heavy atom. The van der Waals surface area contributed by atoms with Crippen molar-refractivity contribution < 1.29 is 9.59 Å². The maximum Gasteiger partial charge on any atom is 0.246 e. The highest BCUT2D eigenvalue weighted by Crippen LogP contribution is 2.24. The molecular formula is C16H14N4O2S. The molecule has 4 rings (SSSR count). The highest BCUT2D eigenvalue weighted by atomic mass is 32.1. The average molecular weight is 326 g/mol. The second kappa shape index (κ2) is 5.51. The van der Waals surface area contributed by atoms with E-state index in [1.807, 2.05) is 46.4 Å². The largest absolute Gasteiger partial charge is 0.344 e. The molecule has 3 heterocycles. The molecule has 1 saturated heterocycles. The fraction of sp³-hybridized carbons (Fsp3) is 0.188. The van der Waals surface area contributed by atoms with Crippen LogP contribution >= 0.6 is 11.3 Å². The van der Waals surface area contributed by atoms with Crippen LogP contribution in [-0.2, 0) is 9.59 Å². The van der Waals surface area contributed by atoms with Gasteiger partial charge in [0.05, 0.1) is 5.69 Å². The molecule has 1 atom stereocenters. The molecule has 6 nitrogen and oxygen atoms in total. The summed E-state index contributed by atoms with van der Waals surface area (Å²) < 4.78 is 1.97. The van der Waals surface area contributed by atoms with Crippen molar-refractivity contribution >= 4 is 33.8 Å². The second-order valence-electron chi connectivity index (χ2n) is 5.45. The number of rotatable bonds is 3. The van der Waals surface area contributed by atoms with Crippen molar-refractivity contribution in [3.8, 4) is 11.3 Å². The molecule has 116 valence electrons. The van der Waals surface area contributed by atoms with Gasteiger partial charge in [-0.2, -0.15) is 0 Å². The van der Waals surface area contributed by atoms with Gasteiger partial charge in [0.1, 0.15) is 6.04 Å². The van der Waals surface area contributed by atoms with Crippen LogP contribution in [0.5, 0.6) is 0 Å². The van der Waals surface area contributed by atoms with Crippen molar-refractivity contribution in [3.63, 3.8) is 0 Å². The molecule has 1 aliphatic rings. The third-order valence-electron chi connectivity index (χ3n) is 3.83. The Hall–Kier alpha value is -2.67. The van der Waals surface area contributed by atoms with E-state index in [9.17, 15) is 9.59 Å². The Bertz CT molecular complexity index is 870. The van der Waals surface area contributed by atoms with E-state index in [0.717, 1.165) is 16.2 Å². The van der Waals surface area contributed by atoms with Crippen LogP contribution < -0.4 is 10.6 Å². The Morgan fingerprint density at radius 1 is 1.43 bits per heavy atom. The molecule has 7 heteroatoms. The van der Waals surface area contributed by atoms with E-state index in [2.05, 4.69) is 15.6 Å². The molecule has 2 aromatic heterocycles. The molecule has 1 unspecified atom stereocenters. The normalized spacial score (nSPS) is 17.4. The van der Waals surface area contributed by atoms with Crippen LogP contribution in [0.1, 0.15) is 12.8 Å². The monoisotopic (exact) mass is 326 g/mol. The average Bonchev–Trinajstić information content (AvgIpc) is 3.22. The van der Waals surface area contributed by atoms with Crippen LogP contribution in [0.15, 0.2) is 42.0 Å². The maximum atomic E-state index is 12.2. The number of nitrogens with one attached hydrogen (secondary N) is 2. The molecule has 0 bridgehead atoms. The number of hydrogen-bond donors (Lipinski definition) is 2. The Balaban J connectivity index is 1.55. The Kier molecular flexibility index (Phi) is 3.34. The zero-order valence-corrected chi connectivity index (χ0v) is 13.0. The van der Waals surface area contributed by atoms with Gasteiger partial charge in [0.15, 0.2) is 4.96 Å². The lowest BCUT2D eigenvalue weighted by Gasteiger charge is -2.11. The number of imidazole rings is 1. The van der Waals surface area contributed by atoms with E-state index in [1.165, 1.54) is 0 Å². The summed E-state index contributed by atoms with van der Waals surface area (Å²) in [5.41, 5.74) is 2.50. The van der Waals surface area contributed by atoms with Crippen LogP contribution in [0.25, 0.3) is 16.2 Å². The molecule has 2 N–H and O–H groups in total. The number of hydrogen-bond acceptors (Lipinski definition) is 4. The molecule has 0 radical (unpaired) electrons. The van der Waals surface area contributed by atoms with Crippen LogP contribution in [0, 0.1) is 0 Å². The highest BCUT2D eigenvalue weighted by Gasteiger charge is 2.27. The second-order valence-corrected chi connectivity index (χ2v) is 6.32. The number of anilines is 1. The molecular weight excluding hydrogens is 312 g/mol. The van der Waals surface area contributed by atoms with E-state index in [1.54, 1.807) is 11.3 Å².